The van der Waals surface area contributed by atoms with E-state index in [-0.39, 0.29) is 5.41 Å². The Morgan fingerprint density at radius 1 is 1.50 bits per heavy atom. The summed E-state index contributed by atoms with van der Waals surface area (Å²) in [6.07, 6.45) is 6.00. The van der Waals surface area contributed by atoms with Crippen LogP contribution in [0.1, 0.15) is 38.0 Å². The first-order chi connectivity index (χ1) is 6.54. The van der Waals surface area contributed by atoms with Crippen molar-refractivity contribution in [3.05, 3.63) is 17.1 Å². The average molecular weight is 211 g/mol. The van der Waals surface area contributed by atoms with Gasteiger partial charge in [0.15, 0.2) is 0 Å². The fourth-order valence-electron chi connectivity index (χ4n) is 2.39. The molecule has 1 N–H and O–H groups in total. The average Bonchev–Trinajstić information content (AvgIpc) is 2.63. The summed E-state index contributed by atoms with van der Waals surface area (Å²) in [7, 11) is 0. The number of aliphatic hydroxyl groups is 1. The Hall–Kier alpha value is -0.410. The summed E-state index contributed by atoms with van der Waals surface area (Å²) in [5, 5.41) is 10.3. The van der Waals surface area contributed by atoms with Crippen LogP contribution in [0.2, 0.25) is 0 Å². The lowest BCUT2D eigenvalue weighted by Crippen LogP contribution is -2.40. The Morgan fingerprint density at radius 3 is 2.79 bits per heavy atom. The number of aromatic nitrogens is 1. The second-order valence-corrected chi connectivity index (χ2v) is 5.76. The van der Waals surface area contributed by atoms with Gasteiger partial charge in [0.1, 0.15) is 0 Å². The maximum atomic E-state index is 10.3. The van der Waals surface area contributed by atoms with Crippen molar-refractivity contribution in [2.45, 2.75) is 45.1 Å². The van der Waals surface area contributed by atoms with Crippen molar-refractivity contribution in [1.82, 2.24) is 4.37 Å². The van der Waals surface area contributed by atoms with Crippen LogP contribution in [0.4, 0.5) is 0 Å². The molecule has 1 aromatic rings. The molecule has 1 aliphatic rings. The van der Waals surface area contributed by atoms with Gasteiger partial charge in [0.2, 0.25) is 0 Å². The Balaban J connectivity index is 2.17. The molecule has 78 valence electrons. The zero-order valence-corrected chi connectivity index (χ0v) is 9.60. The van der Waals surface area contributed by atoms with Crippen molar-refractivity contribution < 1.29 is 5.11 Å². The molecule has 14 heavy (non-hydrogen) atoms. The van der Waals surface area contributed by atoms with Crippen molar-refractivity contribution in [2.24, 2.45) is 5.41 Å². The van der Waals surface area contributed by atoms with Gasteiger partial charge in [-0.25, -0.2) is 4.37 Å². The predicted molar refractivity (Wildman–Crippen MR) is 58.4 cm³/mol. The summed E-state index contributed by atoms with van der Waals surface area (Å²) in [6, 6.07) is 2.06. The van der Waals surface area contributed by atoms with E-state index >= 15 is 0 Å². The van der Waals surface area contributed by atoms with E-state index in [1.807, 2.05) is 13.1 Å². The van der Waals surface area contributed by atoms with Crippen LogP contribution >= 0.6 is 11.5 Å². The van der Waals surface area contributed by atoms with Gasteiger partial charge in [0, 0.05) is 16.5 Å². The molecule has 2 nitrogen and oxygen atoms in total. The summed E-state index contributed by atoms with van der Waals surface area (Å²) < 4.78 is 4.10. The molecule has 1 aromatic heterocycles. The van der Waals surface area contributed by atoms with Gasteiger partial charge in [0.25, 0.3) is 0 Å². The smallest absolute Gasteiger partial charge is 0.0676 e. The van der Waals surface area contributed by atoms with Crippen LogP contribution in [-0.4, -0.2) is 15.1 Å². The van der Waals surface area contributed by atoms with E-state index in [9.17, 15) is 5.11 Å². The van der Waals surface area contributed by atoms with Gasteiger partial charge < -0.3 is 5.11 Å². The maximum Gasteiger partial charge on any atom is 0.0676 e. The highest BCUT2D eigenvalue weighted by molar-refractivity contribution is 7.05. The van der Waals surface area contributed by atoms with E-state index in [4.69, 9.17) is 0 Å². The van der Waals surface area contributed by atoms with E-state index in [1.54, 1.807) is 11.5 Å². The lowest BCUT2D eigenvalue weighted by atomic mass is 9.74. The molecule has 2 unspecified atom stereocenters. The highest BCUT2D eigenvalue weighted by Gasteiger charge is 2.47. The Bertz CT molecular complexity index is 307. The van der Waals surface area contributed by atoms with Gasteiger partial charge in [-0.15, -0.1) is 0 Å². The lowest BCUT2D eigenvalue weighted by molar-refractivity contribution is -0.0349. The zero-order chi connectivity index (χ0) is 10.2. The van der Waals surface area contributed by atoms with Crippen molar-refractivity contribution in [1.29, 1.82) is 0 Å². The Morgan fingerprint density at radius 2 is 2.29 bits per heavy atom. The summed E-state index contributed by atoms with van der Waals surface area (Å²) in [5.41, 5.74) is -0.462. The van der Waals surface area contributed by atoms with E-state index < -0.39 is 5.60 Å². The van der Waals surface area contributed by atoms with Crippen molar-refractivity contribution in [2.75, 3.05) is 0 Å². The van der Waals surface area contributed by atoms with E-state index in [1.165, 1.54) is 4.88 Å². The molecule has 3 heteroatoms. The summed E-state index contributed by atoms with van der Waals surface area (Å²) in [4.78, 5) is 1.29. The zero-order valence-electron chi connectivity index (χ0n) is 8.79. The van der Waals surface area contributed by atoms with E-state index in [0.717, 1.165) is 25.7 Å². The van der Waals surface area contributed by atoms with Crippen molar-refractivity contribution >= 4 is 11.5 Å². The molecule has 1 aliphatic carbocycles. The molecule has 0 radical (unpaired) electrons. The molecule has 0 aliphatic heterocycles. The molecular weight excluding hydrogens is 194 g/mol. The van der Waals surface area contributed by atoms with Gasteiger partial charge in [0.05, 0.1) is 5.60 Å². The minimum Gasteiger partial charge on any atom is -0.390 e. The van der Waals surface area contributed by atoms with Crippen LogP contribution in [0, 0.1) is 5.41 Å². The third-order valence-electron chi connectivity index (χ3n) is 3.75. The van der Waals surface area contributed by atoms with Gasteiger partial charge in [-0.05, 0) is 50.2 Å². The van der Waals surface area contributed by atoms with Gasteiger partial charge in [-0.1, -0.05) is 6.92 Å². The first kappa shape index (κ1) is 10.1. The van der Waals surface area contributed by atoms with Gasteiger partial charge in [-0.3, -0.25) is 0 Å². The monoisotopic (exact) mass is 211 g/mol. The third-order valence-corrected chi connectivity index (χ3v) is 4.49. The van der Waals surface area contributed by atoms with Crippen LogP contribution < -0.4 is 0 Å². The molecule has 1 heterocycles. The number of nitrogens with zero attached hydrogens (tertiary/aromatic N) is 1. The predicted octanol–water partition coefficient (Wildman–Crippen LogP) is 2.63. The fourth-order valence-corrected chi connectivity index (χ4v) is 3.15. The van der Waals surface area contributed by atoms with Crippen molar-refractivity contribution in [3.63, 3.8) is 0 Å². The molecule has 0 amide bonds. The maximum absolute atomic E-state index is 10.3. The lowest BCUT2D eigenvalue weighted by Gasteiger charge is -2.36. The van der Waals surface area contributed by atoms with Gasteiger partial charge >= 0.3 is 0 Å². The van der Waals surface area contributed by atoms with Crippen molar-refractivity contribution in [3.8, 4) is 0 Å². The summed E-state index contributed by atoms with van der Waals surface area (Å²) in [6.45, 7) is 4.17. The van der Waals surface area contributed by atoms with Crippen LogP contribution in [0.25, 0.3) is 0 Å². The molecule has 0 bridgehead atoms. The highest BCUT2D eigenvalue weighted by Crippen LogP contribution is 2.48. The molecule has 2 rings (SSSR count). The Kier molecular flexibility index (Phi) is 2.40. The second-order valence-electron chi connectivity index (χ2n) is 4.84. The minimum atomic E-state index is -0.503. The molecule has 0 aromatic carbocycles. The van der Waals surface area contributed by atoms with Crippen LogP contribution in [-0.2, 0) is 6.42 Å². The second kappa shape index (κ2) is 3.31. The molecule has 0 spiro atoms. The van der Waals surface area contributed by atoms with Gasteiger partial charge in [-0.2, -0.15) is 0 Å². The molecular formula is C11H17NOS. The summed E-state index contributed by atoms with van der Waals surface area (Å²) in [5.74, 6) is 0. The molecule has 2 atom stereocenters. The number of hydrogen-bond acceptors (Lipinski definition) is 3. The first-order valence-electron chi connectivity index (χ1n) is 5.15. The molecule has 1 fully saturated rings. The van der Waals surface area contributed by atoms with E-state index in [0.29, 0.717) is 0 Å². The Labute approximate surface area is 89.1 Å². The topological polar surface area (TPSA) is 33.1 Å². The fraction of sp³-hybridized carbons (Fsp3) is 0.727. The quantitative estimate of drug-likeness (QED) is 0.815. The minimum absolute atomic E-state index is 0.0412. The molecule has 1 saturated carbocycles. The highest BCUT2D eigenvalue weighted by atomic mass is 32.1. The van der Waals surface area contributed by atoms with E-state index in [2.05, 4.69) is 17.4 Å². The standard InChI is InChI=1S/C11H17NOS/c1-10(5-3-6-11(10,2)13)8-9-4-7-12-14-9/h4,7,13H,3,5-6,8H2,1-2H3. The molecule has 0 saturated heterocycles. The number of rotatable bonds is 2. The largest absolute Gasteiger partial charge is 0.390 e. The first-order valence-corrected chi connectivity index (χ1v) is 5.93. The van der Waals surface area contributed by atoms with Crippen LogP contribution in [0.15, 0.2) is 12.3 Å². The normalized spacial score (nSPS) is 37.6. The van der Waals surface area contributed by atoms with Crippen LogP contribution in [0.3, 0.4) is 0 Å². The third kappa shape index (κ3) is 1.59. The number of hydrogen-bond donors (Lipinski definition) is 1. The van der Waals surface area contributed by atoms with Crippen LogP contribution in [0.5, 0.6) is 0 Å². The summed E-state index contributed by atoms with van der Waals surface area (Å²) >= 11 is 1.55. The SMILES string of the molecule is CC1(O)CCCC1(C)Cc1ccns1.